The molecule has 0 rings (SSSR count). The van der Waals surface area contributed by atoms with Crippen molar-refractivity contribution in [3.05, 3.63) is 0 Å². The Kier molecular flexibility index (Phi) is 9.52. The zero-order chi connectivity index (χ0) is 16.9. The quantitative estimate of drug-likeness (QED) is 0.283. The summed E-state index contributed by atoms with van der Waals surface area (Å²) in [5.74, 6) is 0. The van der Waals surface area contributed by atoms with Crippen molar-refractivity contribution in [2.45, 2.75) is 71.4 Å². The second-order valence-electron chi connectivity index (χ2n) is 8.04. The first-order valence-electron chi connectivity index (χ1n) is 7.60. The Morgan fingerprint density at radius 3 is 1.57 bits per heavy atom. The molecule has 0 spiro atoms. The van der Waals surface area contributed by atoms with E-state index in [1.807, 2.05) is 0 Å². The van der Waals surface area contributed by atoms with Gasteiger partial charge in [0.25, 0.3) is 0 Å². The first-order valence-corrected chi connectivity index (χ1v) is 21.7. The van der Waals surface area contributed by atoms with Crippen LogP contribution >= 0.6 is 0 Å². The second kappa shape index (κ2) is 8.77. The normalized spacial score (nSPS) is 16.9. The van der Waals surface area contributed by atoms with Crippen LogP contribution in [-0.2, 0) is 14.4 Å². The Morgan fingerprint density at radius 1 is 0.714 bits per heavy atom. The summed E-state index contributed by atoms with van der Waals surface area (Å²) in [4.78, 5) is 0. The molecule has 21 heavy (non-hydrogen) atoms. The van der Waals surface area contributed by atoms with Crippen LogP contribution in [0.1, 0.15) is 6.42 Å². The minimum absolute atomic E-state index is 0.464. The average Bonchev–Trinajstić information content (AvgIpc) is 2.08. The van der Waals surface area contributed by atoms with Gasteiger partial charge in [0.2, 0.25) is 0 Å². The molecule has 124 valence electrons. The third-order valence-corrected chi connectivity index (χ3v) is 17.0. The van der Waals surface area contributed by atoms with Gasteiger partial charge in [-0.3, -0.25) is 0 Å². The molecule has 9 heteroatoms. The van der Waals surface area contributed by atoms with Crippen molar-refractivity contribution in [1.29, 1.82) is 0 Å². The zero-order valence-electron chi connectivity index (χ0n) is 15.3. The van der Waals surface area contributed by atoms with Crippen LogP contribution in [0.5, 0.6) is 0 Å². The van der Waals surface area contributed by atoms with Gasteiger partial charge in [-0.15, -0.1) is 0 Å². The van der Waals surface area contributed by atoms with Gasteiger partial charge in [-0.1, -0.05) is 0 Å². The van der Waals surface area contributed by atoms with E-state index in [1.165, 1.54) is 0 Å². The fourth-order valence-corrected chi connectivity index (χ4v) is 21.1. The maximum atomic E-state index is 6.59. The first kappa shape index (κ1) is 22.8. The molecule has 0 saturated carbocycles. The van der Waals surface area contributed by atoms with Crippen LogP contribution in [-0.4, -0.2) is 40.4 Å². The Bertz CT molecular complexity index is 317. The van der Waals surface area contributed by atoms with Crippen LogP contribution in [0.25, 0.3) is 0 Å². The van der Waals surface area contributed by atoms with Gasteiger partial charge in [-0.25, -0.2) is 0 Å². The Labute approximate surface area is 156 Å². The van der Waals surface area contributed by atoms with Gasteiger partial charge in [-0.2, -0.15) is 0 Å². The number of hydrogen-bond donors (Lipinski definition) is 0. The standard InChI is InChI=1S/C12H33O4Si4.Pa/c1-17(2,3)14-19(7,8)16-20(9,12-10-11-13)15-18(4,5)6;/h10-12H2,1-9H3;/q-1;+1. The summed E-state index contributed by atoms with van der Waals surface area (Å²) in [6.45, 7) is 20.8. The van der Waals surface area contributed by atoms with Gasteiger partial charge in [0.1, 0.15) is 0 Å². The fraction of sp³-hybridized carbons (Fsp3) is 1.00. The van der Waals surface area contributed by atoms with Crippen molar-refractivity contribution in [3.63, 3.8) is 0 Å². The van der Waals surface area contributed by atoms with Crippen molar-refractivity contribution in [3.8, 4) is 0 Å². The summed E-state index contributed by atoms with van der Waals surface area (Å²) in [5.41, 5.74) is 0. The van der Waals surface area contributed by atoms with E-state index in [0.717, 1.165) is 19.1 Å². The molecule has 0 aromatic heterocycles. The first-order chi connectivity index (χ1) is 9.18. The summed E-state index contributed by atoms with van der Waals surface area (Å²) in [6.07, 6.45) is 1.03. The summed E-state index contributed by atoms with van der Waals surface area (Å²) in [7, 11) is -7.56. The van der Waals surface area contributed by atoms with E-state index in [4.69, 9.17) is 14.4 Å². The zero-order valence-corrected chi connectivity index (χ0v) is 24.1. The van der Waals surface area contributed by atoms with Crippen molar-refractivity contribution in [2.75, 3.05) is 6.61 Å². The van der Waals surface area contributed by atoms with Crippen LogP contribution in [0.4, 0.5) is 0 Å². The predicted octanol–water partition coefficient (Wildman–Crippen LogP) is 4.35. The fourth-order valence-electron chi connectivity index (χ4n) is 2.53. The van der Waals surface area contributed by atoms with E-state index >= 15 is 0 Å². The van der Waals surface area contributed by atoms with Crippen LogP contribution < -0.4 is 0 Å². The van der Waals surface area contributed by atoms with E-state index in [0.29, 0.717) is 31.1 Å². The molecule has 0 aromatic carbocycles. The maximum absolute atomic E-state index is 6.59. The Morgan fingerprint density at radius 2 is 1.19 bits per heavy atom. The predicted molar refractivity (Wildman–Crippen MR) is 94.4 cm³/mol. The van der Waals surface area contributed by atoms with Gasteiger partial charge >= 0.3 is 157 Å². The summed E-state index contributed by atoms with van der Waals surface area (Å²) < 4.78 is 24.8. The summed E-state index contributed by atoms with van der Waals surface area (Å²) >= 11 is 0.464. The van der Waals surface area contributed by atoms with Crippen molar-refractivity contribution >= 4 is 33.8 Å². The van der Waals surface area contributed by atoms with Gasteiger partial charge < -0.3 is 0 Å². The van der Waals surface area contributed by atoms with E-state index in [1.54, 1.807) is 0 Å². The Hall–Kier alpha value is 1.80. The molecule has 0 radical (unpaired) electrons. The van der Waals surface area contributed by atoms with E-state index in [9.17, 15) is 0 Å². The molecule has 0 aliphatic rings. The molecule has 1 unspecified atom stereocenters. The molecule has 0 saturated heterocycles. The van der Waals surface area contributed by atoms with E-state index < -0.39 is 33.8 Å². The van der Waals surface area contributed by atoms with E-state index in [2.05, 4.69) is 58.9 Å². The Balaban J connectivity index is 4.95. The molecular formula is C12H33O4PaSi4. The number of rotatable bonds is 10. The molecule has 0 aliphatic carbocycles. The van der Waals surface area contributed by atoms with Crippen LogP contribution in [0.15, 0.2) is 0 Å². The second-order valence-corrected chi connectivity index (χ2v) is 25.9. The average molecular weight is 585 g/mol. The third kappa shape index (κ3) is 12.8. The third-order valence-electron chi connectivity index (χ3n) is 2.43. The van der Waals surface area contributed by atoms with E-state index in [-0.39, 0.29) is 0 Å². The SMILES string of the molecule is C[Si](C)(C)O[Si](C)(C)O[Si](C)(CCC[O][Pa])O[Si](C)(C)C. The van der Waals surface area contributed by atoms with Gasteiger partial charge in [0.05, 0.1) is 0 Å². The summed E-state index contributed by atoms with van der Waals surface area (Å²) in [6, 6.07) is 0.999. The molecule has 0 fully saturated rings. The van der Waals surface area contributed by atoms with Crippen LogP contribution in [0, 0.1) is 31.1 Å². The molecule has 0 heterocycles. The minimum atomic E-state index is -2.20. The molecule has 0 aliphatic heterocycles. The van der Waals surface area contributed by atoms with Crippen molar-refractivity contribution in [1.82, 2.24) is 0 Å². The van der Waals surface area contributed by atoms with Crippen molar-refractivity contribution < 1.29 is 45.5 Å². The van der Waals surface area contributed by atoms with Gasteiger partial charge in [0, 0.05) is 0 Å². The van der Waals surface area contributed by atoms with Crippen LogP contribution in [0.3, 0.4) is 0 Å². The molecule has 4 nitrogen and oxygen atoms in total. The van der Waals surface area contributed by atoms with Gasteiger partial charge in [-0.05, 0) is 0 Å². The topological polar surface area (TPSA) is 36.9 Å². The molecule has 0 aromatic rings. The molecule has 0 N–H and O–H groups in total. The molecule has 1 atom stereocenters. The molecular weight excluding hydrogens is 552 g/mol. The molecule has 0 amide bonds. The van der Waals surface area contributed by atoms with Gasteiger partial charge in [0.15, 0.2) is 0 Å². The van der Waals surface area contributed by atoms with Crippen LogP contribution in [0.2, 0.25) is 65.0 Å². The monoisotopic (exact) mass is 584 g/mol. The summed E-state index contributed by atoms with van der Waals surface area (Å²) in [5, 5.41) is 0. The molecule has 0 bridgehead atoms. The number of hydrogen-bond acceptors (Lipinski definition) is 4. The van der Waals surface area contributed by atoms with Crippen molar-refractivity contribution in [2.24, 2.45) is 0 Å².